The molecule has 1 heterocycles. The second-order valence-electron chi connectivity index (χ2n) is 4.44. The molecule has 5 nitrogen and oxygen atoms in total. The van der Waals surface area contributed by atoms with Crippen molar-refractivity contribution in [1.82, 2.24) is 0 Å². The van der Waals surface area contributed by atoms with Gasteiger partial charge in [-0.25, -0.2) is 0 Å². The molecule has 0 aromatic heterocycles. The van der Waals surface area contributed by atoms with Gasteiger partial charge in [0.2, 0.25) is 0 Å². The maximum atomic E-state index is 12.4. The molecule has 1 aliphatic heterocycles. The molecule has 0 spiro atoms. The fraction of sp³-hybridized carbons (Fsp3) is 0.467. The number of carbonyl (C=O) groups is 2. The van der Waals surface area contributed by atoms with Crippen LogP contribution in [0.5, 0.6) is 5.75 Å². The van der Waals surface area contributed by atoms with Crippen molar-refractivity contribution in [2.45, 2.75) is 25.7 Å². The van der Waals surface area contributed by atoms with E-state index in [9.17, 15) is 9.59 Å². The van der Waals surface area contributed by atoms with Crippen LogP contribution < -0.4 is 4.74 Å². The van der Waals surface area contributed by atoms with Crippen LogP contribution in [-0.2, 0) is 24.5 Å². The van der Waals surface area contributed by atoms with Gasteiger partial charge in [-0.1, -0.05) is 18.2 Å². The standard InChI is InChI=1S/C15H18O5/c1-3-18-13(16)15(14(17)19-4-2)9-10-20-12-8-6-5-7-11(12)15/h5-8H,3-4,9-10H2,1-2H3. The van der Waals surface area contributed by atoms with Crippen molar-refractivity contribution < 1.29 is 23.8 Å². The Balaban J connectivity index is 2.53. The van der Waals surface area contributed by atoms with Gasteiger partial charge in [0, 0.05) is 12.0 Å². The summed E-state index contributed by atoms with van der Waals surface area (Å²) in [5, 5.41) is 0. The molecular weight excluding hydrogens is 260 g/mol. The van der Waals surface area contributed by atoms with Crippen molar-refractivity contribution in [3.05, 3.63) is 29.8 Å². The number of ether oxygens (including phenoxy) is 3. The van der Waals surface area contributed by atoms with Crippen LogP contribution in [0, 0.1) is 0 Å². The number of hydrogen-bond donors (Lipinski definition) is 0. The second kappa shape index (κ2) is 5.94. The minimum atomic E-state index is -1.42. The SMILES string of the molecule is CCOC(=O)C1(C(=O)OCC)CCOc2ccccc21. The topological polar surface area (TPSA) is 61.8 Å². The van der Waals surface area contributed by atoms with Crippen molar-refractivity contribution in [3.63, 3.8) is 0 Å². The highest BCUT2D eigenvalue weighted by Crippen LogP contribution is 2.40. The number of esters is 2. The van der Waals surface area contributed by atoms with Crippen LogP contribution in [0.1, 0.15) is 25.8 Å². The van der Waals surface area contributed by atoms with Crippen molar-refractivity contribution in [1.29, 1.82) is 0 Å². The monoisotopic (exact) mass is 278 g/mol. The lowest BCUT2D eigenvalue weighted by Gasteiger charge is -2.34. The molecule has 0 unspecified atom stereocenters. The Kier molecular flexibility index (Phi) is 4.27. The maximum Gasteiger partial charge on any atom is 0.328 e. The quantitative estimate of drug-likeness (QED) is 0.621. The Labute approximate surface area is 117 Å². The lowest BCUT2D eigenvalue weighted by Crippen LogP contribution is -2.49. The van der Waals surface area contributed by atoms with Crippen LogP contribution >= 0.6 is 0 Å². The molecule has 0 N–H and O–H groups in total. The smallest absolute Gasteiger partial charge is 0.328 e. The van der Waals surface area contributed by atoms with Crippen LogP contribution in [-0.4, -0.2) is 31.8 Å². The van der Waals surface area contributed by atoms with E-state index >= 15 is 0 Å². The molecule has 0 atom stereocenters. The first-order valence-electron chi connectivity index (χ1n) is 6.73. The molecule has 0 amide bonds. The fourth-order valence-corrected chi connectivity index (χ4v) is 2.41. The molecule has 20 heavy (non-hydrogen) atoms. The third-order valence-electron chi connectivity index (χ3n) is 3.33. The van der Waals surface area contributed by atoms with Gasteiger partial charge in [0.15, 0.2) is 5.41 Å². The highest BCUT2D eigenvalue weighted by molar-refractivity contribution is 6.07. The first kappa shape index (κ1) is 14.4. The number of benzene rings is 1. The van der Waals surface area contributed by atoms with Crippen molar-refractivity contribution >= 4 is 11.9 Å². The maximum absolute atomic E-state index is 12.4. The summed E-state index contributed by atoms with van der Waals surface area (Å²) in [5.41, 5.74) is -0.899. The van der Waals surface area contributed by atoms with Crippen molar-refractivity contribution in [2.75, 3.05) is 19.8 Å². The van der Waals surface area contributed by atoms with Crippen molar-refractivity contribution in [2.24, 2.45) is 0 Å². The van der Waals surface area contributed by atoms with E-state index in [0.29, 0.717) is 11.3 Å². The number of para-hydroxylation sites is 1. The first-order chi connectivity index (χ1) is 9.66. The van der Waals surface area contributed by atoms with E-state index in [1.54, 1.807) is 38.1 Å². The Morgan fingerprint density at radius 1 is 1.15 bits per heavy atom. The van der Waals surface area contributed by atoms with Gasteiger partial charge in [-0.15, -0.1) is 0 Å². The Morgan fingerprint density at radius 3 is 2.35 bits per heavy atom. The third kappa shape index (κ3) is 2.24. The van der Waals surface area contributed by atoms with Crippen LogP contribution in [0.2, 0.25) is 0 Å². The first-order valence-corrected chi connectivity index (χ1v) is 6.73. The van der Waals surface area contributed by atoms with Gasteiger partial charge in [0.05, 0.1) is 19.8 Å². The van der Waals surface area contributed by atoms with E-state index in [-0.39, 0.29) is 26.2 Å². The van der Waals surface area contributed by atoms with E-state index in [1.165, 1.54) is 0 Å². The largest absolute Gasteiger partial charge is 0.493 e. The summed E-state index contributed by atoms with van der Waals surface area (Å²) < 4.78 is 15.7. The van der Waals surface area contributed by atoms with Gasteiger partial charge in [0.25, 0.3) is 0 Å². The Morgan fingerprint density at radius 2 is 1.75 bits per heavy atom. The average Bonchev–Trinajstić information content (AvgIpc) is 2.47. The molecule has 0 saturated heterocycles. The molecule has 0 saturated carbocycles. The highest BCUT2D eigenvalue weighted by atomic mass is 16.6. The van der Waals surface area contributed by atoms with Crippen LogP contribution in [0.4, 0.5) is 0 Å². The fourth-order valence-electron chi connectivity index (χ4n) is 2.41. The number of carbonyl (C=O) groups excluding carboxylic acids is 2. The van der Waals surface area contributed by atoms with Gasteiger partial charge in [-0.3, -0.25) is 9.59 Å². The molecule has 0 radical (unpaired) electrons. The van der Waals surface area contributed by atoms with E-state index in [2.05, 4.69) is 0 Å². The molecule has 5 heteroatoms. The summed E-state index contributed by atoms with van der Waals surface area (Å²) >= 11 is 0. The average molecular weight is 278 g/mol. The van der Waals surface area contributed by atoms with Gasteiger partial charge in [-0.05, 0) is 19.9 Å². The normalized spacial score (nSPS) is 15.7. The highest BCUT2D eigenvalue weighted by Gasteiger charge is 2.53. The molecule has 1 aromatic rings. The molecule has 108 valence electrons. The summed E-state index contributed by atoms with van der Waals surface area (Å²) in [6, 6.07) is 7.01. The van der Waals surface area contributed by atoms with Crippen LogP contribution in [0.3, 0.4) is 0 Å². The van der Waals surface area contributed by atoms with Gasteiger partial charge < -0.3 is 14.2 Å². The molecule has 0 bridgehead atoms. The summed E-state index contributed by atoms with van der Waals surface area (Å²) in [4.78, 5) is 24.8. The number of fused-ring (bicyclic) bond motifs is 1. The zero-order valence-electron chi connectivity index (χ0n) is 11.7. The molecule has 1 aromatic carbocycles. The molecular formula is C15H18O5. The third-order valence-corrected chi connectivity index (χ3v) is 3.33. The lowest BCUT2D eigenvalue weighted by molar-refractivity contribution is -0.166. The molecule has 0 aliphatic carbocycles. The zero-order chi connectivity index (χ0) is 14.6. The second-order valence-corrected chi connectivity index (χ2v) is 4.44. The number of hydrogen-bond acceptors (Lipinski definition) is 5. The predicted octanol–water partition coefficient (Wildman–Crippen LogP) is 1.83. The minimum Gasteiger partial charge on any atom is -0.493 e. The zero-order valence-corrected chi connectivity index (χ0v) is 11.7. The number of rotatable bonds is 4. The van der Waals surface area contributed by atoms with Crippen LogP contribution in [0.25, 0.3) is 0 Å². The summed E-state index contributed by atoms with van der Waals surface area (Å²) in [5.74, 6) is -0.622. The van der Waals surface area contributed by atoms with Gasteiger partial charge >= 0.3 is 11.9 Å². The van der Waals surface area contributed by atoms with Crippen LogP contribution in [0.15, 0.2) is 24.3 Å². The van der Waals surface area contributed by atoms with Gasteiger partial charge in [-0.2, -0.15) is 0 Å². The van der Waals surface area contributed by atoms with E-state index in [0.717, 1.165) is 0 Å². The Bertz CT molecular complexity index is 491. The van der Waals surface area contributed by atoms with E-state index < -0.39 is 17.4 Å². The van der Waals surface area contributed by atoms with Crippen molar-refractivity contribution in [3.8, 4) is 5.75 Å². The van der Waals surface area contributed by atoms with E-state index in [4.69, 9.17) is 14.2 Å². The molecule has 0 fully saturated rings. The van der Waals surface area contributed by atoms with E-state index in [1.807, 2.05) is 0 Å². The summed E-state index contributed by atoms with van der Waals surface area (Å²) in [6.07, 6.45) is 0.224. The lowest BCUT2D eigenvalue weighted by atomic mass is 9.76. The molecule has 1 aliphatic rings. The minimum absolute atomic E-state index is 0.211. The predicted molar refractivity (Wildman–Crippen MR) is 71.5 cm³/mol. The summed E-state index contributed by atoms with van der Waals surface area (Å²) in [7, 11) is 0. The molecule has 2 rings (SSSR count). The van der Waals surface area contributed by atoms with Gasteiger partial charge in [0.1, 0.15) is 5.75 Å². The summed E-state index contributed by atoms with van der Waals surface area (Å²) in [6.45, 7) is 4.12. The Hall–Kier alpha value is -2.04.